The van der Waals surface area contributed by atoms with Crippen molar-refractivity contribution in [1.29, 1.82) is 0 Å². The minimum Gasteiger partial charge on any atom is -0.462 e. The zero-order valence-electron chi connectivity index (χ0n) is 18.6. The van der Waals surface area contributed by atoms with Crippen LogP contribution in [0.25, 0.3) is 11.0 Å². The van der Waals surface area contributed by atoms with E-state index in [-0.39, 0.29) is 5.03 Å². The molecule has 4 N–H and O–H groups in total. The Morgan fingerprint density at radius 3 is 2.63 bits per heavy atom. The summed E-state index contributed by atoms with van der Waals surface area (Å²) in [5.74, 6) is 0. The van der Waals surface area contributed by atoms with Crippen molar-refractivity contribution >= 4 is 43.9 Å². The molecule has 0 aliphatic carbocycles. The number of furan rings is 1. The van der Waals surface area contributed by atoms with Crippen LogP contribution >= 0.6 is 11.8 Å². The highest BCUT2D eigenvalue weighted by molar-refractivity contribution is 8.06. The fraction of sp³-hybridized carbons (Fsp3) is 0.120. The molecule has 3 aromatic carbocycles. The summed E-state index contributed by atoms with van der Waals surface area (Å²) in [5.41, 5.74) is 9.82. The molecule has 0 atom stereocenters. The highest BCUT2D eigenvalue weighted by Gasteiger charge is 2.39. The van der Waals surface area contributed by atoms with Crippen molar-refractivity contribution in [3.63, 3.8) is 0 Å². The van der Waals surface area contributed by atoms with Crippen LogP contribution in [-0.2, 0) is 16.4 Å². The van der Waals surface area contributed by atoms with Gasteiger partial charge >= 0.3 is 0 Å². The van der Waals surface area contributed by atoms with Gasteiger partial charge in [-0.05, 0) is 42.0 Å². The Labute approximate surface area is 207 Å². The number of hydrogen-bond acceptors (Lipinski definition) is 9. The van der Waals surface area contributed by atoms with E-state index < -0.39 is 9.84 Å². The van der Waals surface area contributed by atoms with Crippen LogP contribution in [0, 0.1) is 0 Å². The average Bonchev–Trinajstić information content (AvgIpc) is 3.51. The number of para-hydroxylation sites is 1. The van der Waals surface area contributed by atoms with Crippen LogP contribution in [0.4, 0.5) is 11.4 Å². The van der Waals surface area contributed by atoms with E-state index >= 15 is 0 Å². The molecular weight excluding hydrogens is 482 g/mol. The second-order valence-electron chi connectivity index (χ2n) is 8.20. The summed E-state index contributed by atoms with van der Waals surface area (Å²) in [6.45, 7) is 1.88. The third-order valence-electron chi connectivity index (χ3n) is 5.89. The van der Waals surface area contributed by atoms with E-state index in [1.54, 1.807) is 23.4 Å². The molecule has 1 aromatic heterocycles. The van der Waals surface area contributed by atoms with E-state index in [9.17, 15) is 8.42 Å². The maximum Gasteiger partial charge on any atom is 0.226 e. The number of rotatable bonds is 7. The summed E-state index contributed by atoms with van der Waals surface area (Å²) < 4.78 is 32.0. The van der Waals surface area contributed by atoms with Gasteiger partial charge < -0.3 is 15.1 Å². The third kappa shape index (κ3) is 4.09. The van der Waals surface area contributed by atoms with Crippen molar-refractivity contribution in [2.45, 2.75) is 16.3 Å². The predicted molar refractivity (Wildman–Crippen MR) is 138 cm³/mol. The topological polar surface area (TPSA) is 98.6 Å². The van der Waals surface area contributed by atoms with Gasteiger partial charge in [0.05, 0.1) is 23.4 Å². The molecule has 4 aromatic rings. The lowest BCUT2D eigenvalue weighted by Gasteiger charge is -2.23. The van der Waals surface area contributed by atoms with E-state index in [1.807, 2.05) is 60.7 Å². The van der Waals surface area contributed by atoms with Gasteiger partial charge in [0.25, 0.3) is 0 Å². The van der Waals surface area contributed by atoms with Crippen LogP contribution < -0.4 is 21.6 Å². The molecule has 0 saturated carbocycles. The quantitative estimate of drug-likeness (QED) is 0.271. The predicted octanol–water partition coefficient (Wildman–Crippen LogP) is 4.49. The van der Waals surface area contributed by atoms with Gasteiger partial charge in [-0.2, -0.15) is 0 Å². The van der Waals surface area contributed by atoms with Gasteiger partial charge in [0, 0.05) is 29.1 Å². The van der Waals surface area contributed by atoms with E-state index in [1.165, 1.54) is 11.8 Å². The second kappa shape index (κ2) is 8.88. The standard InChI is InChI=1S/C25H23N5O3S2/c31-35(32)22-7-2-1-6-21(22)34-24-25(35)30(29-28-24)16-17-8-10-19(11-9-17)26-13-14-27-20-5-3-4-18-12-15-33-23(18)20/h1-12,15,26-29H,13-14,16H2. The summed E-state index contributed by atoms with van der Waals surface area (Å²) in [5, 5.41) is 10.4. The SMILES string of the molecule is O=S1(=O)C2=C(NNN2Cc2ccc(NCCNc3cccc4ccoc34)cc2)Sc2ccccc21. The number of nitrogens with one attached hydrogen (secondary N) is 4. The molecule has 0 saturated heterocycles. The zero-order valence-corrected chi connectivity index (χ0v) is 20.2. The molecule has 2 aliphatic heterocycles. The van der Waals surface area contributed by atoms with Gasteiger partial charge in [-0.3, -0.25) is 10.4 Å². The van der Waals surface area contributed by atoms with E-state index in [0.29, 0.717) is 16.5 Å². The first-order valence-corrected chi connectivity index (χ1v) is 13.5. The molecule has 178 valence electrons. The number of hydrazine groups is 2. The molecule has 6 rings (SSSR count). The molecule has 0 spiro atoms. The summed E-state index contributed by atoms with van der Waals surface area (Å²) in [7, 11) is -3.61. The van der Waals surface area contributed by atoms with E-state index in [2.05, 4.69) is 21.6 Å². The number of thioether (sulfide) groups is 1. The minimum atomic E-state index is -3.61. The summed E-state index contributed by atoms with van der Waals surface area (Å²) in [6, 6.07) is 23.1. The number of nitrogens with zero attached hydrogens (tertiary/aromatic N) is 1. The Morgan fingerprint density at radius 2 is 1.74 bits per heavy atom. The molecule has 8 nitrogen and oxygen atoms in total. The Balaban J connectivity index is 1.07. The van der Waals surface area contributed by atoms with Gasteiger partial charge in [-0.1, -0.05) is 48.2 Å². The van der Waals surface area contributed by atoms with Gasteiger partial charge in [-0.25, -0.2) is 8.42 Å². The molecule has 0 fully saturated rings. The van der Waals surface area contributed by atoms with Crippen molar-refractivity contribution < 1.29 is 12.8 Å². The van der Waals surface area contributed by atoms with Gasteiger partial charge in [-0.15, -0.1) is 5.53 Å². The largest absolute Gasteiger partial charge is 0.462 e. The highest BCUT2D eigenvalue weighted by Crippen LogP contribution is 2.44. The van der Waals surface area contributed by atoms with E-state index in [4.69, 9.17) is 4.42 Å². The fourth-order valence-electron chi connectivity index (χ4n) is 4.21. The third-order valence-corrected chi connectivity index (χ3v) is 9.09. The summed E-state index contributed by atoms with van der Waals surface area (Å²) >= 11 is 1.42. The van der Waals surface area contributed by atoms with Crippen molar-refractivity contribution in [2.24, 2.45) is 0 Å². The maximum atomic E-state index is 13.2. The molecule has 0 unspecified atom stereocenters. The van der Waals surface area contributed by atoms with Gasteiger partial charge in [0.1, 0.15) is 5.03 Å². The van der Waals surface area contributed by atoms with Crippen molar-refractivity contribution in [2.75, 3.05) is 23.7 Å². The average molecular weight is 506 g/mol. The Kier molecular flexibility index (Phi) is 5.56. The Morgan fingerprint density at radius 1 is 0.914 bits per heavy atom. The van der Waals surface area contributed by atoms with Crippen LogP contribution in [0.3, 0.4) is 0 Å². The minimum absolute atomic E-state index is 0.265. The molecule has 3 heterocycles. The Hall–Kier alpha value is -3.60. The van der Waals surface area contributed by atoms with Crippen LogP contribution in [0.5, 0.6) is 0 Å². The number of fused-ring (bicyclic) bond motifs is 2. The smallest absolute Gasteiger partial charge is 0.226 e. The molecule has 0 amide bonds. The van der Waals surface area contributed by atoms with Crippen molar-refractivity contribution in [3.05, 3.63) is 94.7 Å². The number of hydrogen-bond donors (Lipinski definition) is 4. The number of anilines is 2. The first-order chi connectivity index (χ1) is 17.1. The number of benzene rings is 3. The van der Waals surface area contributed by atoms with Crippen molar-refractivity contribution in [1.82, 2.24) is 16.0 Å². The first kappa shape index (κ1) is 21.9. The molecule has 35 heavy (non-hydrogen) atoms. The molecule has 0 radical (unpaired) electrons. The molecular formula is C25H23N5O3S2. The molecule has 10 heteroatoms. The normalized spacial score (nSPS) is 16.1. The van der Waals surface area contributed by atoms with Crippen LogP contribution in [0.15, 0.2) is 103 Å². The number of sulfone groups is 1. The van der Waals surface area contributed by atoms with Crippen LogP contribution in [-0.4, -0.2) is 26.5 Å². The second-order valence-corrected chi connectivity index (χ2v) is 11.1. The lowest BCUT2D eigenvalue weighted by molar-refractivity contribution is 0.255. The zero-order chi connectivity index (χ0) is 23.8. The first-order valence-electron chi connectivity index (χ1n) is 11.2. The lowest BCUT2D eigenvalue weighted by Crippen LogP contribution is -2.38. The van der Waals surface area contributed by atoms with Gasteiger partial charge in [0.15, 0.2) is 10.6 Å². The van der Waals surface area contributed by atoms with Crippen LogP contribution in [0.2, 0.25) is 0 Å². The highest BCUT2D eigenvalue weighted by atomic mass is 32.2. The molecule has 2 aliphatic rings. The van der Waals surface area contributed by atoms with Crippen LogP contribution in [0.1, 0.15) is 5.56 Å². The fourth-order valence-corrected chi connectivity index (χ4v) is 7.44. The molecule has 0 bridgehead atoms. The summed E-state index contributed by atoms with van der Waals surface area (Å²) in [6.07, 6.45) is 1.70. The lowest BCUT2D eigenvalue weighted by atomic mass is 10.2. The van der Waals surface area contributed by atoms with Crippen molar-refractivity contribution in [3.8, 4) is 0 Å². The van der Waals surface area contributed by atoms with Gasteiger partial charge in [0.2, 0.25) is 9.84 Å². The maximum absolute atomic E-state index is 13.2. The monoisotopic (exact) mass is 505 g/mol. The summed E-state index contributed by atoms with van der Waals surface area (Å²) in [4.78, 5) is 1.07. The Bertz CT molecular complexity index is 1530. The van der Waals surface area contributed by atoms with E-state index in [0.717, 1.165) is 45.9 Å².